The highest BCUT2D eigenvalue weighted by atomic mass is 15.2. The number of anilines is 2. The van der Waals surface area contributed by atoms with Crippen molar-refractivity contribution in [1.29, 1.82) is 10.5 Å². The van der Waals surface area contributed by atoms with Gasteiger partial charge in [-0.2, -0.15) is 10.5 Å². The fourth-order valence-electron chi connectivity index (χ4n) is 4.22. The molecule has 0 aliphatic carbocycles. The quantitative estimate of drug-likeness (QED) is 0.457. The van der Waals surface area contributed by atoms with Crippen molar-refractivity contribution in [2.75, 3.05) is 16.8 Å². The van der Waals surface area contributed by atoms with Gasteiger partial charge in [-0.25, -0.2) is 9.97 Å². The molecule has 4 aromatic rings. The number of aromatic nitrogens is 4. The lowest BCUT2D eigenvalue weighted by Crippen LogP contribution is -2.32. The van der Waals surface area contributed by atoms with Crippen LogP contribution in [-0.2, 0) is 13.0 Å². The third-order valence-corrected chi connectivity index (χ3v) is 5.96. The Morgan fingerprint density at radius 1 is 1.00 bits per heavy atom. The average molecular weight is 463 g/mol. The van der Waals surface area contributed by atoms with Gasteiger partial charge < -0.3 is 10.2 Å². The Labute approximate surface area is 204 Å². The minimum absolute atomic E-state index is 0.0322. The molecule has 1 unspecified atom stereocenters. The predicted molar refractivity (Wildman–Crippen MR) is 136 cm³/mol. The van der Waals surface area contributed by atoms with Gasteiger partial charge in [-0.1, -0.05) is 12.1 Å². The van der Waals surface area contributed by atoms with E-state index >= 15 is 0 Å². The zero-order chi connectivity index (χ0) is 24.8. The van der Waals surface area contributed by atoms with Crippen LogP contribution in [0.5, 0.6) is 0 Å². The molecule has 174 valence electrons. The van der Waals surface area contributed by atoms with Crippen molar-refractivity contribution in [2.45, 2.75) is 39.8 Å². The molecule has 1 aliphatic heterocycles. The van der Waals surface area contributed by atoms with E-state index in [4.69, 9.17) is 5.26 Å². The van der Waals surface area contributed by atoms with E-state index in [9.17, 15) is 5.26 Å². The molecule has 8 nitrogen and oxygen atoms in total. The first-order valence-corrected chi connectivity index (χ1v) is 11.4. The van der Waals surface area contributed by atoms with E-state index < -0.39 is 0 Å². The number of aryl methyl sites for hydroxylation is 1. The summed E-state index contributed by atoms with van der Waals surface area (Å²) in [7, 11) is 0. The molecular formula is C27H26N8. The zero-order valence-electron chi connectivity index (χ0n) is 20.0. The van der Waals surface area contributed by atoms with E-state index in [1.54, 1.807) is 24.8 Å². The molecule has 1 atom stereocenters. The van der Waals surface area contributed by atoms with Crippen LogP contribution in [0, 0.1) is 29.6 Å². The lowest BCUT2D eigenvalue weighted by molar-refractivity contribution is 0.702. The van der Waals surface area contributed by atoms with Gasteiger partial charge in [0.05, 0.1) is 40.1 Å². The van der Waals surface area contributed by atoms with Gasteiger partial charge >= 0.3 is 0 Å². The van der Waals surface area contributed by atoms with Gasteiger partial charge in [0.15, 0.2) is 0 Å². The van der Waals surface area contributed by atoms with E-state index in [-0.39, 0.29) is 6.04 Å². The summed E-state index contributed by atoms with van der Waals surface area (Å²) in [6, 6.07) is 16.3. The summed E-state index contributed by atoms with van der Waals surface area (Å²) >= 11 is 0. The first-order chi connectivity index (χ1) is 17.0. The van der Waals surface area contributed by atoms with Crippen LogP contribution >= 0.6 is 0 Å². The standard InChI is InChI=1S/C25H23N7.C2H3N/c1-16-3-6-24(19(11-16)13-26)32-10-7-21-20(14-32)25(30-15-29-21)31-17(2)18-4-5-22-23(12-18)28-9-8-27-22;1-2-3/h3-6,8-9,11-12,15,17H,7,10,14H2,1-2H3,(H,29,30,31);1H3. The number of rotatable bonds is 4. The SMILES string of the molecule is CC#N.Cc1ccc(N2CCc3ncnc(NC(C)c4ccc5nccnc5c4)c3C2)c(C#N)c1. The molecule has 0 radical (unpaired) electrons. The van der Waals surface area contributed by atoms with Crippen molar-refractivity contribution in [3.05, 3.63) is 83.1 Å². The summed E-state index contributed by atoms with van der Waals surface area (Å²) < 4.78 is 0. The summed E-state index contributed by atoms with van der Waals surface area (Å²) in [5, 5.41) is 20.5. The monoisotopic (exact) mass is 462 g/mol. The van der Waals surface area contributed by atoms with Gasteiger partial charge in [-0.05, 0) is 49.2 Å². The molecule has 0 saturated carbocycles. The number of hydrogen-bond donors (Lipinski definition) is 1. The number of nitriles is 2. The molecule has 2 aromatic heterocycles. The second-order valence-electron chi connectivity index (χ2n) is 8.35. The smallest absolute Gasteiger partial charge is 0.135 e. The van der Waals surface area contributed by atoms with E-state index in [0.717, 1.165) is 57.9 Å². The Morgan fingerprint density at radius 3 is 2.54 bits per heavy atom. The van der Waals surface area contributed by atoms with Crippen LogP contribution in [0.15, 0.2) is 55.1 Å². The fourth-order valence-corrected chi connectivity index (χ4v) is 4.22. The molecule has 8 heteroatoms. The predicted octanol–water partition coefficient (Wildman–Crippen LogP) is 4.87. The van der Waals surface area contributed by atoms with Crippen molar-refractivity contribution in [1.82, 2.24) is 19.9 Å². The highest BCUT2D eigenvalue weighted by Crippen LogP contribution is 2.31. The normalized spacial score (nSPS) is 13.0. The molecule has 0 spiro atoms. The summed E-state index contributed by atoms with van der Waals surface area (Å²) in [5.74, 6) is 0.831. The molecule has 5 rings (SSSR count). The minimum Gasteiger partial charge on any atom is -0.366 e. The summed E-state index contributed by atoms with van der Waals surface area (Å²) in [6.07, 6.45) is 5.85. The van der Waals surface area contributed by atoms with Gasteiger partial charge in [0.25, 0.3) is 0 Å². The van der Waals surface area contributed by atoms with E-state index in [1.807, 2.05) is 25.1 Å². The number of nitrogens with zero attached hydrogens (tertiary/aromatic N) is 7. The van der Waals surface area contributed by atoms with E-state index in [1.165, 1.54) is 6.92 Å². The topological polar surface area (TPSA) is 114 Å². The summed E-state index contributed by atoms with van der Waals surface area (Å²) in [5.41, 5.74) is 7.75. The Balaban J connectivity index is 0.000000917. The first kappa shape index (κ1) is 23.6. The van der Waals surface area contributed by atoms with Crippen molar-refractivity contribution >= 4 is 22.5 Å². The second-order valence-corrected chi connectivity index (χ2v) is 8.35. The third-order valence-electron chi connectivity index (χ3n) is 5.96. The van der Waals surface area contributed by atoms with E-state index in [2.05, 4.69) is 61.3 Å². The molecule has 0 fully saturated rings. The largest absolute Gasteiger partial charge is 0.366 e. The summed E-state index contributed by atoms with van der Waals surface area (Å²) in [4.78, 5) is 20.1. The van der Waals surface area contributed by atoms with Crippen LogP contribution in [0.25, 0.3) is 11.0 Å². The maximum Gasteiger partial charge on any atom is 0.135 e. The zero-order valence-corrected chi connectivity index (χ0v) is 20.0. The van der Waals surface area contributed by atoms with Gasteiger partial charge in [-0.15, -0.1) is 0 Å². The maximum atomic E-state index is 9.62. The maximum absolute atomic E-state index is 9.62. The van der Waals surface area contributed by atoms with Crippen LogP contribution in [0.3, 0.4) is 0 Å². The van der Waals surface area contributed by atoms with Gasteiger partial charge in [0, 0.05) is 44.4 Å². The molecule has 0 bridgehead atoms. The highest BCUT2D eigenvalue weighted by molar-refractivity contribution is 5.74. The van der Waals surface area contributed by atoms with Crippen LogP contribution in [-0.4, -0.2) is 26.5 Å². The molecule has 0 saturated heterocycles. The second kappa shape index (κ2) is 10.6. The van der Waals surface area contributed by atoms with Gasteiger partial charge in [0.2, 0.25) is 0 Å². The Bertz CT molecular complexity index is 1430. The molecule has 35 heavy (non-hydrogen) atoms. The van der Waals surface area contributed by atoms with Crippen LogP contribution in [0.4, 0.5) is 11.5 Å². The van der Waals surface area contributed by atoms with Crippen LogP contribution < -0.4 is 10.2 Å². The lowest BCUT2D eigenvalue weighted by Gasteiger charge is -2.32. The molecule has 3 heterocycles. The minimum atomic E-state index is 0.0322. The average Bonchev–Trinajstić information content (AvgIpc) is 2.88. The molecular weight excluding hydrogens is 436 g/mol. The molecule has 1 aliphatic rings. The lowest BCUT2D eigenvalue weighted by atomic mass is 10.0. The van der Waals surface area contributed by atoms with Crippen molar-refractivity contribution in [3.8, 4) is 12.1 Å². The van der Waals surface area contributed by atoms with E-state index in [0.29, 0.717) is 12.1 Å². The van der Waals surface area contributed by atoms with Crippen LogP contribution in [0.1, 0.15) is 47.8 Å². The Kier molecular flexibility index (Phi) is 7.13. The summed E-state index contributed by atoms with van der Waals surface area (Å²) in [6.45, 7) is 7.03. The van der Waals surface area contributed by atoms with Gasteiger partial charge in [-0.3, -0.25) is 9.97 Å². The fraction of sp³-hybridized carbons (Fsp3) is 0.259. The molecule has 2 aromatic carbocycles. The number of fused-ring (bicyclic) bond motifs is 2. The van der Waals surface area contributed by atoms with Crippen molar-refractivity contribution in [3.63, 3.8) is 0 Å². The number of benzene rings is 2. The van der Waals surface area contributed by atoms with Crippen molar-refractivity contribution < 1.29 is 0 Å². The number of hydrogen-bond acceptors (Lipinski definition) is 8. The first-order valence-electron chi connectivity index (χ1n) is 11.4. The Morgan fingerprint density at radius 2 is 1.77 bits per heavy atom. The highest BCUT2D eigenvalue weighted by Gasteiger charge is 2.24. The third kappa shape index (κ3) is 5.18. The number of nitrogens with one attached hydrogen (secondary N) is 1. The molecule has 0 amide bonds. The molecule has 1 N–H and O–H groups in total. The van der Waals surface area contributed by atoms with Crippen molar-refractivity contribution in [2.24, 2.45) is 0 Å². The van der Waals surface area contributed by atoms with Gasteiger partial charge in [0.1, 0.15) is 18.2 Å². The van der Waals surface area contributed by atoms with Crippen LogP contribution in [0.2, 0.25) is 0 Å². The Hall–Kier alpha value is -4.56.